The Hall–Kier alpha value is -2.81. The third-order valence-corrected chi connectivity index (χ3v) is 6.10. The number of benzene rings is 2. The predicted molar refractivity (Wildman–Crippen MR) is 99.8 cm³/mol. The molecule has 3 aliphatic rings. The first-order valence-corrected chi connectivity index (χ1v) is 9.23. The zero-order valence-corrected chi connectivity index (χ0v) is 14.7. The van der Waals surface area contributed by atoms with Gasteiger partial charge in [-0.15, -0.1) is 0 Å². The van der Waals surface area contributed by atoms with E-state index in [4.69, 9.17) is 4.42 Å². The fraction of sp³-hybridized carbons (Fsp3) is 0.261. The van der Waals surface area contributed by atoms with Crippen molar-refractivity contribution in [3.8, 4) is 0 Å². The van der Waals surface area contributed by atoms with Gasteiger partial charge >= 0.3 is 0 Å². The highest BCUT2D eigenvalue weighted by atomic mass is 16.3. The zero-order chi connectivity index (χ0) is 17.7. The van der Waals surface area contributed by atoms with Gasteiger partial charge in [0.15, 0.2) is 0 Å². The van der Waals surface area contributed by atoms with Gasteiger partial charge in [-0.25, -0.2) is 0 Å². The molecule has 3 aliphatic carbocycles. The number of carbonyl (C=O) groups is 1. The van der Waals surface area contributed by atoms with E-state index in [1.54, 1.807) is 6.26 Å². The molecule has 0 unspecified atom stereocenters. The quantitative estimate of drug-likeness (QED) is 0.764. The lowest BCUT2D eigenvalue weighted by Gasteiger charge is -2.49. The van der Waals surface area contributed by atoms with Crippen LogP contribution in [-0.4, -0.2) is 5.91 Å². The average Bonchev–Trinajstić information content (AvgIpc) is 3.20. The van der Waals surface area contributed by atoms with Crippen molar-refractivity contribution >= 4 is 5.91 Å². The Kier molecular flexibility index (Phi) is 3.49. The van der Waals surface area contributed by atoms with E-state index in [0.29, 0.717) is 6.54 Å². The van der Waals surface area contributed by atoms with E-state index >= 15 is 0 Å². The van der Waals surface area contributed by atoms with Crippen LogP contribution in [0, 0.1) is 11.8 Å². The summed E-state index contributed by atoms with van der Waals surface area (Å²) in [5.41, 5.74) is 5.40. The van der Waals surface area contributed by atoms with Crippen LogP contribution in [0.3, 0.4) is 0 Å². The second-order valence-corrected chi connectivity index (χ2v) is 7.40. The van der Waals surface area contributed by atoms with Crippen LogP contribution in [0.1, 0.15) is 46.8 Å². The molecule has 2 atom stereocenters. The minimum Gasteiger partial charge on any atom is -0.467 e. The fourth-order valence-electron chi connectivity index (χ4n) is 5.05. The summed E-state index contributed by atoms with van der Waals surface area (Å²) in [4.78, 5) is 13.2. The largest absolute Gasteiger partial charge is 0.467 e. The Morgan fingerprint density at radius 1 is 0.885 bits per heavy atom. The number of rotatable bonds is 3. The van der Waals surface area contributed by atoms with Gasteiger partial charge in [-0.1, -0.05) is 55.5 Å². The van der Waals surface area contributed by atoms with Gasteiger partial charge in [0.2, 0.25) is 5.91 Å². The highest BCUT2D eigenvalue weighted by Gasteiger charge is 2.50. The molecule has 0 saturated heterocycles. The summed E-state index contributed by atoms with van der Waals surface area (Å²) < 4.78 is 5.36. The monoisotopic (exact) mass is 343 g/mol. The van der Waals surface area contributed by atoms with Crippen LogP contribution in [0.25, 0.3) is 0 Å². The van der Waals surface area contributed by atoms with Gasteiger partial charge in [-0.05, 0) is 40.3 Å². The van der Waals surface area contributed by atoms with Crippen molar-refractivity contribution in [2.24, 2.45) is 11.8 Å². The number of fused-ring (bicyclic) bond motifs is 1. The van der Waals surface area contributed by atoms with Crippen LogP contribution in [0.2, 0.25) is 0 Å². The maximum Gasteiger partial charge on any atom is 0.224 e. The summed E-state index contributed by atoms with van der Waals surface area (Å²) in [6, 6.07) is 21.0. The first kappa shape index (κ1) is 15.4. The van der Waals surface area contributed by atoms with E-state index in [-0.39, 0.29) is 29.6 Å². The van der Waals surface area contributed by atoms with Gasteiger partial charge in [-0.2, -0.15) is 0 Å². The lowest BCUT2D eigenvalue weighted by molar-refractivity contribution is -0.128. The van der Waals surface area contributed by atoms with Crippen molar-refractivity contribution in [1.82, 2.24) is 5.32 Å². The number of furan rings is 1. The van der Waals surface area contributed by atoms with Crippen LogP contribution in [0.4, 0.5) is 0 Å². The zero-order valence-electron chi connectivity index (χ0n) is 14.7. The molecule has 1 amide bonds. The van der Waals surface area contributed by atoms with E-state index in [0.717, 1.165) is 5.76 Å². The average molecular weight is 343 g/mol. The van der Waals surface area contributed by atoms with Crippen molar-refractivity contribution in [2.75, 3.05) is 0 Å². The molecule has 0 radical (unpaired) electrons. The number of nitrogens with one attached hydrogen (secondary N) is 1. The Morgan fingerprint density at radius 2 is 1.46 bits per heavy atom. The first-order chi connectivity index (χ1) is 12.8. The Labute approximate surface area is 153 Å². The second kappa shape index (κ2) is 5.87. The Morgan fingerprint density at radius 3 is 2.00 bits per heavy atom. The van der Waals surface area contributed by atoms with Crippen LogP contribution in [-0.2, 0) is 11.3 Å². The number of carbonyl (C=O) groups excluding carboxylic acids is 1. The van der Waals surface area contributed by atoms with Gasteiger partial charge in [0, 0.05) is 11.8 Å². The van der Waals surface area contributed by atoms with Crippen LogP contribution in [0.15, 0.2) is 71.3 Å². The van der Waals surface area contributed by atoms with E-state index in [9.17, 15) is 4.79 Å². The molecule has 130 valence electrons. The molecular weight excluding hydrogens is 322 g/mol. The van der Waals surface area contributed by atoms with Gasteiger partial charge in [-0.3, -0.25) is 4.79 Å². The topological polar surface area (TPSA) is 42.2 Å². The van der Waals surface area contributed by atoms with Gasteiger partial charge < -0.3 is 9.73 Å². The third kappa shape index (κ3) is 2.16. The lowest BCUT2D eigenvalue weighted by Crippen LogP contribution is -2.46. The molecule has 3 aromatic rings. The molecule has 1 N–H and O–H groups in total. The second-order valence-electron chi connectivity index (χ2n) is 7.40. The van der Waals surface area contributed by atoms with Crippen molar-refractivity contribution in [2.45, 2.75) is 25.3 Å². The molecule has 0 fully saturated rings. The van der Waals surface area contributed by atoms with Gasteiger partial charge in [0.05, 0.1) is 18.7 Å². The number of amides is 1. The molecule has 3 nitrogen and oxygen atoms in total. The SMILES string of the molecule is C[C@H]1C2c3ccccc3C(c3ccccc32)[C@@H]1C(=O)NCc1ccco1. The molecular formula is C23H21NO2. The first-order valence-electron chi connectivity index (χ1n) is 9.23. The number of hydrogen-bond donors (Lipinski definition) is 1. The third-order valence-electron chi connectivity index (χ3n) is 6.10. The molecule has 0 spiro atoms. The highest BCUT2D eigenvalue weighted by Crippen LogP contribution is 2.58. The van der Waals surface area contributed by atoms with Crippen molar-refractivity contribution < 1.29 is 9.21 Å². The smallest absolute Gasteiger partial charge is 0.224 e. The summed E-state index contributed by atoms with van der Waals surface area (Å²) in [6.45, 7) is 2.66. The summed E-state index contributed by atoms with van der Waals surface area (Å²) >= 11 is 0. The lowest BCUT2D eigenvalue weighted by atomic mass is 9.54. The van der Waals surface area contributed by atoms with Gasteiger partial charge in [0.25, 0.3) is 0 Å². The molecule has 26 heavy (non-hydrogen) atoms. The predicted octanol–water partition coefficient (Wildman–Crippen LogP) is 4.44. The van der Waals surface area contributed by atoms with Crippen LogP contribution < -0.4 is 5.32 Å². The minimum atomic E-state index is -0.0558. The normalized spacial score (nSPS) is 25.4. The molecule has 0 aliphatic heterocycles. The molecule has 2 aromatic carbocycles. The molecule has 0 saturated carbocycles. The fourth-order valence-corrected chi connectivity index (χ4v) is 5.05. The molecule has 1 heterocycles. The molecule has 1 aromatic heterocycles. The Balaban J connectivity index is 1.55. The van der Waals surface area contributed by atoms with Gasteiger partial charge in [0.1, 0.15) is 5.76 Å². The maximum atomic E-state index is 13.2. The molecule has 3 heteroatoms. The van der Waals surface area contributed by atoms with Crippen molar-refractivity contribution in [3.05, 3.63) is 94.9 Å². The highest BCUT2D eigenvalue weighted by molar-refractivity contribution is 5.83. The van der Waals surface area contributed by atoms with E-state index in [2.05, 4.69) is 60.8 Å². The van der Waals surface area contributed by atoms with E-state index < -0.39 is 0 Å². The summed E-state index contributed by atoms with van der Waals surface area (Å²) in [5.74, 6) is 1.52. The van der Waals surface area contributed by atoms with Crippen LogP contribution in [0.5, 0.6) is 0 Å². The van der Waals surface area contributed by atoms with Crippen molar-refractivity contribution in [3.63, 3.8) is 0 Å². The summed E-state index contributed by atoms with van der Waals surface area (Å²) in [6.07, 6.45) is 1.64. The Bertz CT molecular complexity index is 912. The molecule has 2 bridgehead atoms. The molecule has 6 rings (SSSR count). The maximum absolute atomic E-state index is 13.2. The van der Waals surface area contributed by atoms with E-state index in [1.165, 1.54) is 22.3 Å². The van der Waals surface area contributed by atoms with E-state index in [1.807, 2.05) is 12.1 Å². The minimum absolute atomic E-state index is 0.0558. The van der Waals surface area contributed by atoms with Crippen LogP contribution >= 0.6 is 0 Å². The summed E-state index contributed by atoms with van der Waals surface area (Å²) in [7, 11) is 0. The summed E-state index contributed by atoms with van der Waals surface area (Å²) in [5, 5.41) is 3.10. The number of hydrogen-bond acceptors (Lipinski definition) is 2. The van der Waals surface area contributed by atoms with Crippen molar-refractivity contribution in [1.29, 1.82) is 0 Å². The standard InChI is InChI=1S/C23H21NO2/c1-14-20-16-8-2-4-10-18(16)22(19-11-5-3-9-17(19)20)21(14)23(25)24-13-15-7-6-12-26-15/h2-12,14,20-22H,13H2,1H3,(H,24,25)/t14-,20?,21+,22?/m0/s1.